The molecule has 3 nitrogen and oxygen atoms in total. The quantitative estimate of drug-likeness (QED) is 0.741. The van der Waals surface area contributed by atoms with Gasteiger partial charge in [-0.3, -0.25) is 0 Å². The molecule has 17 heavy (non-hydrogen) atoms. The molecule has 0 aliphatic carbocycles. The molecule has 1 aromatic carbocycles. The third-order valence-corrected chi connectivity index (χ3v) is 2.45. The fraction of sp³-hybridized carbons (Fsp3) is 0.500. The van der Waals surface area contributed by atoms with E-state index in [0.717, 1.165) is 26.3 Å². The number of ether oxygens (including phenoxy) is 2. The first-order valence-corrected chi connectivity index (χ1v) is 6.35. The van der Waals surface area contributed by atoms with Crippen LogP contribution in [0.4, 0.5) is 0 Å². The van der Waals surface area contributed by atoms with Crippen molar-refractivity contribution >= 4 is 23.2 Å². The highest BCUT2D eigenvalue weighted by molar-refractivity contribution is 6.34. The number of rotatable bonds is 8. The van der Waals surface area contributed by atoms with E-state index in [-0.39, 0.29) is 0 Å². The van der Waals surface area contributed by atoms with Crippen molar-refractivity contribution < 1.29 is 9.47 Å². The molecule has 1 N–H and O–H groups in total. The van der Waals surface area contributed by atoms with Crippen LogP contribution in [0.2, 0.25) is 10.0 Å². The van der Waals surface area contributed by atoms with E-state index >= 15 is 0 Å². The van der Waals surface area contributed by atoms with Crippen molar-refractivity contribution in [1.82, 2.24) is 5.32 Å². The van der Waals surface area contributed by atoms with E-state index in [1.807, 2.05) is 6.92 Å². The van der Waals surface area contributed by atoms with Gasteiger partial charge in [-0.1, -0.05) is 23.2 Å². The molecule has 0 bridgehead atoms. The second-order valence-corrected chi connectivity index (χ2v) is 4.27. The van der Waals surface area contributed by atoms with Crippen LogP contribution in [-0.4, -0.2) is 32.9 Å². The molecule has 0 aromatic heterocycles. The molecule has 0 saturated heterocycles. The van der Waals surface area contributed by atoms with Crippen LogP contribution in [0.1, 0.15) is 6.92 Å². The van der Waals surface area contributed by atoms with Crippen LogP contribution in [0.5, 0.6) is 5.75 Å². The van der Waals surface area contributed by atoms with E-state index in [2.05, 4.69) is 5.32 Å². The van der Waals surface area contributed by atoms with Crippen molar-refractivity contribution in [3.63, 3.8) is 0 Å². The zero-order valence-electron chi connectivity index (χ0n) is 9.84. The Morgan fingerprint density at radius 2 is 1.71 bits per heavy atom. The molecule has 0 aliphatic heterocycles. The lowest BCUT2D eigenvalue weighted by molar-refractivity contribution is 0.148. The second kappa shape index (κ2) is 8.59. The topological polar surface area (TPSA) is 30.5 Å². The minimum absolute atomic E-state index is 0.572. The fourth-order valence-electron chi connectivity index (χ4n) is 1.27. The first kappa shape index (κ1) is 14.6. The second-order valence-electron chi connectivity index (χ2n) is 3.40. The maximum atomic E-state index is 5.85. The Morgan fingerprint density at radius 3 is 2.35 bits per heavy atom. The number of halogens is 2. The standard InChI is InChI=1S/C12H17Cl2NO2/c1-2-16-5-3-15-4-6-17-12-8-10(13)7-11(14)9-12/h7-9,15H,2-6H2,1H3. The summed E-state index contributed by atoms with van der Waals surface area (Å²) in [5.74, 6) is 0.689. The molecule has 5 heteroatoms. The molecule has 96 valence electrons. The van der Waals surface area contributed by atoms with Gasteiger partial charge in [0.2, 0.25) is 0 Å². The van der Waals surface area contributed by atoms with Gasteiger partial charge in [0.05, 0.1) is 6.61 Å². The van der Waals surface area contributed by atoms with Crippen LogP contribution >= 0.6 is 23.2 Å². The van der Waals surface area contributed by atoms with E-state index < -0.39 is 0 Å². The van der Waals surface area contributed by atoms with Crippen molar-refractivity contribution in [3.8, 4) is 5.75 Å². The Balaban J connectivity index is 2.13. The van der Waals surface area contributed by atoms with Gasteiger partial charge >= 0.3 is 0 Å². The lowest BCUT2D eigenvalue weighted by atomic mass is 10.3. The molecule has 0 spiro atoms. The van der Waals surface area contributed by atoms with Gasteiger partial charge in [0, 0.05) is 29.7 Å². The van der Waals surface area contributed by atoms with Gasteiger partial charge in [0.1, 0.15) is 12.4 Å². The minimum atomic E-state index is 0.572. The van der Waals surface area contributed by atoms with Crippen molar-refractivity contribution in [1.29, 1.82) is 0 Å². The Bertz CT molecular complexity index is 314. The fourth-order valence-corrected chi connectivity index (χ4v) is 1.77. The molecular weight excluding hydrogens is 261 g/mol. The Morgan fingerprint density at radius 1 is 1.06 bits per heavy atom. The highest BCUT2D eigenvalue weighted by Crippen LogP contribution is 2.23. The van der Waals surface area contributed by atoms with Crippen LogP contribution in [0, 0.1) is 0 Å². The van der Waals surface area contributed by atoms with Gasteiger partial charge in [-0.25, -0.2) is 0 Å². The molecule has 0 heterocycles. The highest BCUT2D eigenvalue weighted by atomic mass is 35.5. The van der Waals surface area contributed by atoms with Gasteiger partial charge in [-0.2, -0.15) is 0 Å². The van der Waals surface area contributed by atoms with E-state index in [1.54, 1.807) is 18.2 Å². The van der Waals surface area contributed by atoms with Gasteiger partial charge in [0.25, 0.3) is 0 Å². The molecule has 0 unspecified atom stereocenters. The first-order chi connectivity index (χ1) is 8.22. The van der Waals surface area contributed by atoms with Crippen LogP contribution in [0.25, 0.3) is 0 Å². The third kappa shape index (κ3) is 6.74. The zero-order chi connectivity index (χ0) is 12.5. The van der Waals surface area contributed by atoms with E-state index in [4.69, 9.17) is 32.7 Å². The Hall–Kier alpha value is -0.480. The molecule has 0 aliphatic rings. The summed E-state index contributed by atoms with van der Waals surface area (Å²) in [6.07, 6.45) is 0. The molecule has 1 rings (SSSR count). The normalized spacial score (nSPS) is 10.5. The van der Waals surface area contributed by atoms with Gasteiger partial charge in [0.15, 0.2) is 0 Å². The molecule has 0 atom stereocenters. The summed E-state index contributed by atoms with van der Waals surface area (Å²) < 4.78 is 10.7. The summed E-state index contributed by atoms with van der Waals surface area (Å²) in [7, 11) is 0. The average Bonchev–Trinajstić information content (AvgIpc) is 2.26. The van der Waals surface area contributed by atoms with Crippen LogP contribution in [0.15, 0.2) is 18.2 Å². The van der Waals surface area contributed by atoms with Crippen molar-refractivity contribution in [2.75, 3.05) is 32.9 Å². The summed E-state index contributed by atoms with van der Waals surface area (Å²) >= 11 is 11.7. The van der Waals surface area contributed by atoms with E-state index in [9.17, 15) is 0 Å². The molecule has 0 saturated carbocycles. The number of benzene rings is 1. The van der Waals surface area contributed by atoms with Crippen LogP contribution < -0.4 is 10.1 Å². The smallest absolute Gasteiger partial charge is 0.122 e. The SMILES string of the molecule is CCOCCNCCOc1cc(Cl)cc(Cl)c1. The summed E-state index contributed by atoms with van der Waals surface area (Å²) in [5, 5.41) is 4.36. The van der Waals surface area contributed by atoms with E-state index in [1.165, 1.54) is 0 Å². The number of hydrogen-bond acceptors (Lipinski definition) is 3. The molecule has 0 radical (unpaired) electrons. The maximum absolute atomic E-state index is 5.85. The lowest BCUT2D eigenvalue weighted by Crippen LogP contribution is -2.25. The monoisotopic (exact) mass is 277 g/mol. The first-order valence-electron chi connectivity index (χ1n) is 5.59. The molecular formula is C12H17Cl2NO2. The molecule has 0 amide bonds. The minimum Gasteiger partial charge on any atom is -0.492 e. The Labute approximate surface area is 112 Å². The molecule has 1 aromatic rings. The molecule has 0 fully saturated rings. The predicted octanol–water partition coefficient (Wildman–Crippen LogP) is 3.00. The van der Waals surface area contributed by atoms with Crippen molar-refractivity contribution in [2.45, 2.75) is 6.92 Å². The lowest BCUT2D eigenvalue weighted by Gasteiger charge is -2.08. The van der Waals surface area contributed by atoms with Crippen molar-refractivity contribution in [2.24, 2.45) is 0 Å². The van der Waals surface area contributed by atoms with Gasteiger partial charge in [-0.15, -0.1) is 0 Å². The zero-order valence-corrected chi connectivity index (χ0v) is 11.4. The highest BCUT2D eigenvalue weighted by Gasteiger charge is 1.98. The third-order valence-electron chi connectivity index (χ3n) is 2.01. The predicted molar refractivity (Wildman–Crippen MR) is 71.3 cm³/mol. The van der Waals surface area contributed by atoms with Crippen LogP contribution in [0.3, 0.4) is 0 Å². The van der Waals surface area contributed by atoms with Gasteiger partial charge < -0.3 is 14.8 Å². The van der Waals surface area contributed by atoms with Crippen molar-refractivity contribution in [3.05, 3.63) is 28.2 Å². The summed E-state index contributed by atoms with van der Waals surface area (Å²) in [4.78, 5) is 0. The summed E-state index contributed by atoms with van der Waals surface area (Å²) in [6.45, 7) is 5.61. The van der Waals surface area contributed by atoms with Crippen LogP contribution in [-0.2, 0) is 4.74 Å². The summed E-state index contributed by atoms with van der Waals surface area (Å²) in [5.41, 5.74) is 0. The maximum Gasteiger partial charge on any atom is 0.122 e. The Kier molecular flexibility index (Phi) is 7.37. The summed E-state index contributed by atoms with van der Waals surface area (Å²) in [6, 6.07) is 5.16. The largest absolute Gasteiger partial charge is 0.492 e. The number of hydrogen-bond donors (Lipinski definition) is 1. The average molecular weight is 278 g/mol. The van der Waals surface area contributed by atoms with E-state index in [0.29, 0.717) is 22.4 Å². The van der Waals surface area contributed by atoms with Gasteiger partial charge in [-0.05, 0) is 25.1 Å². The number of nitrogens with one attached hydrogen (secondary N) is 1.